The molecule has 0 fully saturated rings. The number of carbonyl (C=O) groups excluding carboxylic acids is 1. The van der Waals surface area contributed by atoms with Gasteiger partial charge in [0.15, 0.2) is 0 Å². The second-order valence-electron chi connectivity index (χ2n) is 3.00. The van der Waals surface area contributed by atoms with Gasteiger partial charge in [-0.1, -0.05) is 11.2 Å². The Morgan fingerprint density at radius 1 is 1.50 bits per heavy atom. The van der Waals surface area contributed by atoms with Crippen molar-refractivity contribution in [1.82, 2.24) is 5.16 Å². The van der Waals surface area contributed by atoms with Gasteiger partial charge in [0, 0.05) is 6.07 Å². The Labute approximate surface area is 90.2 Å². The molecule has 0 atom stereocenters. The number of benzene rings is 1. The summed E-state index contributed by atoms with van der Waals surface area (Å²) in [6.07, 6.45) is 1.21. The van der Waals surface area contributed by atoms with Crippen molar-refractivity contribution in [2.24, 2.45) is 0 Å². The zero-order valence-electron chi connectivity index (χ0n) is 8.08. The van der Waals surface area contributed by atoms with E-state index in [0.29, 0.717) is 0 Å². The van der Waals surface area contributed by atoms with E-state index in [9.17, 15) is 4.79 Å². The van der Waals surface area contributed by atoms with Gasteiger partial charge in [-0.25, -0.2) is 4.79 Å². The molecule has 1 heterocycles. The standard InChI is InChI=1S/C10H8N2O4/c11-8-5-12-16-9(8)10(14)15-7-3-1-2-6(13)4-7/h1-5,13H,11H2. The number of hydrogen-bond acceptors (Lipinski definition) is 6. The summed E-state index contributed by atoms with van der Waals surface area (Å²) in [6, 6.07) is 5.82. The molecule has 1 aromatic heterocycles. The number of phenols is 1. The van der Waals surface area contributed by atoms with Gasteiger partial charge in [0.2, 0.25) is 0 Å². The van der Waals surface area contributed by atoms with E-state index >= 15 is 0 Å². The topological polar surface area (TPSA) is 98.6 Å². The number of carbonyl (C=O) groups is 1. The normalized spacial score (nSPS) is 10.0. The Kier molecular flexibility index (Phi) is 2.47. The van der Waals surface area contributed by atoms with Crippen molar-refractivity contribution in [2.45, 2.75) is 0 Å². The first-order chi connectivity index (χ1) is 7.66. The maximum atomic E-state index is 11.5. The summed E-state index contributed by atoms with van der Waals surface area (Å²) in [6.45, 7) is 0. The highest BCUT2D eigenvalue weighted by Gasteiger charge is 2.17. The van der Waals surface area contributed by atoms with Gasteiger partial charge < -0.3 is 20.1 Å². The van der Waals surface area contributed by atoms with Crippen LogP contribution in [0.15, 0.2) is 35.0 Å². The van der Waals surface area contributed by atoms with Crippen molar-refractivity contribution in [3.8, 4) is 11.5 Å². The molecule has 0 aliphatic rings. The molecule has 3 N–H and O–H groups in total. The van der Waals surface area contributed by atoms with Crippen molar-refractivity contribution >= 4 is 11.7 Å². The van der Waals surface area contributed by atoms with Gasteiger partial charge in [-0.05, 0) is 12.1 Å². The van der Waals surface area contributed by atoms with E-state index in [2.05, 4.69) is 9.68 Å². The fraction of sp³-hybridized carbons (Fsp3) is 0. The molecule has 2 aromatic rings. The minimum Gasteiger partial charge on any atom is -0.508 e. The predicted octanol–water partition coefficient (Wildman–Crippen LogP) is 1.18. The maximum Gasteiger partial charge on any atom is 0.384 e. The Morgan fingerprint density at radius 2 is 2.31 bits per heavy atom. The lowest BCUT2D eigenvalue weighted by molar-refractivity contribution is 0.0692. The maximum absolute atomic E-state index is 11.5. The number of hydrogen-bond donors (Lipinski definition) is 2. The van der Waals surface area contributed by atoms with Gasteiger partial charge in [-0.2, -0.15) is 0 Å². The van der Waals surface area contributed by atoms with Crippen LogP contribution in [-0.2, 0) is 0 Å². The van der Waals surface area contributed by atoms with E-state index in [-0.39, 0.29) is 22.9 Å². The molecule has 0 unspecified atom stereocenters. The molecule has 16 heavy (non-hydrogen) atoms. The van der Waals surface area contributed by atoms with E-state index in [1.165, 1.54) is 24.4 Å². The molecule has 0 aliphatic heterocycles. The van der Waals surface area contributed by atoms with Crippen LogP contribution in [-0.4, -0.2) is 16.2 Å². The first-order valence-electron chi connectivity index (χ1n) is 4.38. The lowest BCUT2D eigenvalue weighted by atomic mass is 10.3. The fourth-order valence-electron chi connectivity index (χ4n) is 1.10. The average Bonchev–Trinajstić information content (AvgIpc) is 2.64. The summed E-state index contributed by atoms with van der Waals surface area (Å²) >= 11 is 0. The van der Waals surface area contributed by atoms with Crippen LogP contribution in [0, 0.1) is 0 Å². The SMILES string of the molecule is Nc1cnoc1C(=O)Oc1cccc(O)c1. The van der Waals surface area contributed by atoms with E-state index in [0.717, 1.165) is 0 Å². The highest BCUT2D eigenvalue weighted by molar-refractivity contribution is 5.93. The van der Waals surface area contributed by atoms with Crippen molar-refractivity contribution < 1.29 is 19.2 Å². The van der Waals surface area contributed by atoms with Crippen LogP contribution in [0.4, 0.5) is 5.69 Å². The Balaban J connectivity index is 2.17. The third-order valence-electron chi connectivity index (χ3n) is 1.81. The van der Waals surface area contributed by atoms with Crippen LogP contribution in [0.3, 0.4) is 0 Å². The molecule has 6 heteroatoms. The number of ether oxygens (including phenoxy) is 1. The first-order valence-corrected chi connectivity index (χ1v) is 4.38. The van der Waals surface area contributed by atoms with Crippen molar-refractivity contribution in [2.75, 3.05) is 5.73 Å². The smallest absolute Gasteiger partial charge is 0.384 e. The minimum atomic E-state index is -0.763. The molecule has 0 aliphatic carbocycles. The number of aromatic hydroxyl groups is 1. The fourth-order valence-corrected chi connectivity index (χ4v) is 1.10. The summed E-state index contributed by atoms with van der Waals surface area (Å²) in [7, 11) is 0. The molecule has 0 bridgehead atoms. The van der Waals surface area contributed by atoms with Crippen LogP contribution in [0.5, 0.6) is 11.5 Å². The largest absolute Gasteiger partial charge is 0.508 e. The second kappa shape index (κ2) is 3.93. The van der Waals surface area contributed by atoms with Gasteiger partial charge in [-0.3, -0.25) is 0 Å². The van der Waals surface area contributed by atoms with Gasteiger partial charge in [0.1, 0.15) is 17.2 Å². The molecule has 1 aromatic carbocycles. The molecule has 82 valence electrons. The zero-order valence-corrected chi connectivity index (χ0v) is 8.08. The van der Waals surface area contributed by atoms with Crippen molar-refractivity contribution in [3.63, 3.8) is 0 Å². The summed E-state index contributed by atoms with van der Waals surface area (Å²) in [5.74, 6) is -0.736. The first kappa shape index (κ1) is 10.0. The molecule has 6 nitrogen and oxygen atoms in total. The highest BCUT2D eigenvalue weighted by atomic mass is 16.6. The molecule has 0 saturated heterocycles. The lowest BCUT2D eigenvalue weighted by Gasteiger charge is -2.02. The molecule has 0 saturated carbocycles. The monoisotopic (exact) mass is 220 g/mol. The van der Waals surface area contributed by atoms with Gasteiger partial charge in [-0.15, -0.1) is 0 Å². The summed E-state index contributed by atoms with van der Waals surface area (Å²) in [5.41, 5.74) is 5.52. The van der Waals surface area contributed by atoms with E-state index < -0.39 is 5.97 Å². The van der Waals surface area contributed by atoms with E-state index in [4.69, 9.17) is 15.6 Å². The number of nitrogens with two attached hydrogens (primary N) is 1. The molecule has 0 radical (unpaired) electrons. The van der Waals surface area contributed by atoms with E-state index in [1.54, 1.807) is 6.07 Å². The summed E-state index contributed by atoms with van der Waals surface area (Å²) in [5, 5.41) is 12.5. The minimum absolute atomic E-state index is 0.00385. The van der Waals surface area contributed by atoms with Crippen molar-refractivity contribution in [3.05, 3.63) is 36.2 Å². The average molecular weight is 220 g/mol. The lowest BCUT2D eigenvalue weighted by Crippen LogP contribution is -2.09. The number of rotatable bonds is 2. The molecule has 0 amide bonds. The quantitative estimate of drug-likeness (QED) is 0.582. The molecule has 0 spiro atoms. The molecular formula is C10H8N2O4. The second-order valence-corrected chi connectivity index (χ2v) is 3.00. The van der Waals surface area contributed by atoms with Gasteiger partial charge in [0.05, 0.1) is 6.20 Å². The Morgan fingerprint density at radius 3 is 2.94 bits per heavy atom. The highest BCUT2D eigenvalue weighted by Crippen LogP contribution is 2.20. The van der Waals surface area contributed by atoms with Crippen LogP contribution in [0.25, 0.3) is 0 Å². The van der Waals surface area contributed by atoms with Gasteiger partial charge >= 0.3 is 5.97 Å². The third-order valence-corrected chi connectivity index (χ3v) is 1.81. The van der Waals surface area contributed by atoms with Crippen molar-refractivity contribution in [1.29, 1.82) is 0 Å². The Bertz CT molecular complexity index is 521. The van der Waals surface area contributed by atoms with Crippen LogP contribution in [0.1, 0.15) is 10.6 Å². The molecular weight excluding hydrogens is 212 g/mol. The summed E-state index contributed by atoms with van der Waals surface area (Å²) < 4.78 is 9.52. The number of aromatic nitrogens is 1. The predicted molar refractivity (Wildman–Crippen MR) is 54.0 cm³/mol. The van der Waals surface area contributed by atoms with Crippen LogP contribution in [0.2, 0.25) is 0 Å². The third kappa shape index (κ3) is 1.95. The number of phenolic OH excluding ortho intramolecular Hbond substituents is 1. The van der Waals surface area contributed by atoms with E-state index in [1.807, 2.05) is 0 Å². The Hall–Kier alpha value is -2.50. The number of nitrogens with zero attached hydrogens (tertiary/aromatic N) is 1. The van der Waals surface area contributed by atoms with Gasteiger partial charge in [0.25, 0.3) is 5.76 Å². The van der Waals surface area contributed by atoms with Crippen LogP contribution < -0.4 is 10.5 Å². The zero-order chi connectivity index (χ0) is 11.5. The number of nitrogen functional groups attached to an aromatic ring is 1. The molecule has 2 rings (SSSR count). The van der Waals surface area contributed by atoms with Crippen LogP contribution >= 0.6 is 0 Å². The number of esters is 1. The summed E-state index contributed by atoms with van der Waals surface area (Å²) in [4.78, 5) is 11.5. The number of anilines is 1.